The second-order valence-electron chi connectivity index (χ2n) is 5.45. The zero-order valence-electron chi connectivity index (χ0n) is 13.2. The first kappa shape index (κ1) is 15.7. The second-order valence-corrected chi connectivity index (χ2v) is 5.45. The van der Waals surface area contributed by atoms with E-state index in [0.29, 0.717) is 17.3 Å². The lowest BCUT2D eigenvalue weighted by Gasteiger charge is -2.13. The maximum absolute atomic E-state index is 13.0. The number of benzene rings is 2. The zero-order chi connectivity index (χ0) is 17.3. The molecule has 0 unspecified atom stereocenters. The molecule has 122 valence electrons. The number of rotatable bonds is 4. The van der Waals surface area contributed by atoms with Crippen molar-refractivity contribution in [2.45, 2.75) is 13.8 Å². The van der Waals surface area contributed by atoms with Crippen LogP contribution in [0, 0.1) is 19.7 Å². The van der Waals surface area contributed by atoms with E-state index in [4.69, 9.17) is 5.73 Å². The highest BCUT2D eigenvalue weighted by Gasteiger charge is 2.13. The quantitative estimate of drug-likeness (QED) is 0.687. The third kappa shape index (κ3) is 2.96. The second kappa shape index (κ2) is 6.11. The summed E-state index contributed by atoms with van der Waals surface area (Å²) in [7, 11) is 0. The molecule has 2 aromatic carbocycles. The Balaban J connectivity index is 1.91. The Morgan fingerprint density at radius 2 is 1.83 bits per heavy atom. The van der Waals surface area contributed by atoms with Gasteiger partial charge in [-0.15, -0.1) is 10.2 Å². The third-order valence-electron chi connectivity index (χ3n) is 3.79. The number of amides is 1. The summed E-state index contributed by atoms with van der Waals surface area (Å²) in [6.07, 6.45) is 0. The summed E-state index contributed by atoms with van der Waals surface area (Å²) in [5, 5.41) is 11.2. The Kier molecular flexibility index (Phi) is 3.99. The van der Waals surface area contributed by atoms with Crippen molar-refractivity contribution in [1.29, 1.82) is 0 Å². The van der Waals surface area contributed by atoms with Gasteiger partial charge in [-0.05, 0) is 55.3 Å². The lowest BCUT2D eigenvalue weighted by atomic mass is 10.0. The van der Waals surface area contributed by atoms with Crippen molar-refractivity contribution in [3.63, 3.8) is 0 Å². The molecule has 6 nitrogen and oxygen atoms in total. The van der Waals surface area contributed by atoms with Gasteiger partial charge in [0.15, 0.2) is 5.82 Å². The Bertz CT molecular complexity index is 902. The minimum Gasteiger partial charge on any atom is -0.366 e. The zero-order valence-corrected chi connectivity index (χ0v) is 13.2. The summed E-state index contributed by atoms with van der Waals surface area (Å²) >= 11 is 0. The van der Waals surface area contributed by atoms with Crippen LogP contribution in [-0.4, -0.2) is 21.1 Å². The van der Waals surface area contributed by atoms with Crippen LogP contribution in [0.25, 0.3) is 11.4 Å². The molecule has 0 aliphatic rings. The van der Waals surface area contributed by atoms with E-state index in [1.807, 2.05) is 19.9 Å². The van der Waals surface area contributed by atoms with Crippen LogP contribution in [-0.2, 0) is 0 Å². The van der Waals surface area contributed by atoms with Gasteiger partial charge in [-0.1, -0.05) is 6.07 Å². The number of aromatic amines is 1. The number of H-pyrrole nitrogens is 1. The highest BCUT2D eigenvalue weighted by molar-refractivity contribution is 5.96. The Morgan fingerprint density at radius 1 is 1.12 bits per heavy atom. The minimum atomic E-state index is -0.486. The van der Waals surface area contributed by atoms with E-state index >= 15 is 0 Å². The minimum absolute atomic E-state index is 0.314. The standard InChI is InChI=1S/C17H16FN5O/c1-9-3-8-13(15(19)24)10(2)14(9)20-17-21-16(22-23-17)11-4-6-12(18)7-5-11/h3-8H,1-2H3,(H2,19,24)(H2,20,21,22,23). The number of carbonyl (C=O) groups is 1. The highest BCUT2D eigenvalue weighted by Crippen LogP contribution is 2.26. The van der Waals surface area contributed by atoms with Crippen LogP contribution in [0.1, 0.15) is 21.5 Å². The van der Waals surface area contributed by atoms with E-state index in [1.54, 1.807) is 18.2 Å². The molecule has 0 aliphatic carbocycles. The first-order chi connectivity index (χ1) is 11.5. The van der Waals surface area contributed by atoms with Gasteiger partial charge in [0.2, 0.25) is 11.9 Å². The molecule has 0 fully saturated rings. The van der Waals surface area contributed by atoms with Gasteiger partial charge in [-0.3, -0.25) is 4.79 Å². The largest absolute Gasteiger partial charge is 0.366 e. The van der Waals surface area contributed by atoms with Gasteiger partial charge in [0.05, 0.1) is 0 Å². The fourth-order valence-electron chi connectivity index (χ4n) is 2.48. The molecule has 1 aromatic heterocycles. The molecule has 3 aromatic rings. The molecular formula is C17H16FN5O. The van der Waals surface area contributed by atoms with Crippen molar-refractivity contribution in [3.05, 3.63) is 58.9 Å². The maximum atomic E-state index is 13.0. The summed E-state index contributed by atoms with van der Waals surface area (Å²) < 4.78 is 13.0. The smallest absolute Gasteiger partial charge is 0.249 e. The molecule has 0 saturated carbocycles. The van der Waals surface area contributed by atoms with Crippen LogP contribution in [0.3, 0.4) is 0 Å². The topological polar surface area (TPSA) is 96.7 Å². The predicted octanol–water partition coefficient (Wildman–Crippen LogP) is 3.07. The first-order valence-electron chi connectivity index (χ1n) is 7.31. The number of nitrogens with zero attached hydrogens (tertiary/aromatic N) is 2. The molecule has 3 rings (SSSR count). The SMILES string of the molecule is Cc1ccc(C(N)=O)c(C)c1Nc1nnc(-c2ccc(F)cc2)[nH]1. The molecule has 7 heteroatoms. The van der Waals surface area contributed by atoms with Gasteiger partial charge in [0.1, 0.15) is 5.82 Å². The van der Waals surface area contributed by atoms with Crippen molar-refractivity contribution in [1.82, 2.24) is 15.2 Å². The lowest BCUT2D eigenvalue weighted by Crippen LogP contribution is -2.14. The summed E-state index contributed by atoms with van der Waals surface area (Å²) in [5.41, 5.74) is 8.97. The number of nitrogens with two attached hydrogens (primary N) is 1. The van der Waals surface area contributed by atoms with Gasteiger partial charge in [-0.25, -0.2) is 4.39 Å². The number of nitrogens with one attached hydrogen (secondary N) is 2. The fraction of sp³-hybridized carbons (Fsp3) is 0.118. The Hall–Kier alpha value is -3.22. The van der Waals surface area contributed by atoms with E-state index in [9.17, 15) is 9.18 Å². The maximum Gasteiger partial charge on any atom is 0.249 e. The molecular weight excluding hydrogens is 309 g/mol. The molecule has 0 saturated heterocycles. The Morgan fingerprint density at radius 3 is 2.50 bits per heavy atom. The van der Waals surface area contributed by atoms with Gasteiger partial charge in [0, 0.05) is 16.8 Å². The third-order valence-corrected chi connectivity index (χ3v) is 3.79. The summed E-state index contributed by atoms with van der Waals surface area (Å²) in [6.45, 7) is 3.73. The number of aryl methyl sites for hydroxylation is 1. The summed E-state index contributed by atoms with van der Waals surface area (Å²) in [6, 6.07) is 9.45. The average Bonchev–Trinajstić information content (AvgIpc) is 3.00. The van der Waals surface area contributed by atoms with Crippen molar-refractivity contribution in [2.24, 2.45) is 5.73 Å². The number of primary amides is 1. The number of hydrogen-bond acceptors (Lipinski definition) is 4. The van der Waals surface area contributed by atoms with Gasteiger partial charge in [0.25, 0.3) is 0 Å². The van der Waals surface area contributed by atoms with Crippen molar-refractivity contribution < 1.29 is 9.18 Å². The van der Waals surface area contributed by atoms with Gasteiger partial charge >= 0.3 is 0 Å². The van der Waals surface area contributed by atoms with Crippen LogP contribution in [0.15, 0.2) is 36.4 Å². The van der Waals surface area contributed by atoms with Crippen LogP contribution in [0.4, 0.5) is 16.0 Å². The predicted molar refractivity (Wildman–Crippen MR) is 89.5 cm³/mol. The Labute approximate surface area is 137 Å². The van der Waals surface area contributed by atoms with E-state index in [1.165, 1.54) is 12.1 Å². The first-order valence-corrected chi connectivity index (χ1v) is 7.31. The van der Waals surface area contributed by atoms with Gasteiger partial charge in [-0.2, -0.15) is 0 Å². The number of aromatic nitrogens is 3. The van der Waals surface area contributed by atoms with Crippen molar-refractivity contribution in [3.8, 4) is 11.4 Å². The monoisotopic (exact) mass is 325 g/mol. The number of hydrogen-bond donors (Lipinski definition) is 3. The molecule has 0 aliphatic heterocycles. The van der Waals surface area contributed by atoms with Crippen molar-refractivity contribution >= 4 is 17.5 Å². The van der Waals surface area contributed by atoms with E-state index < -0.39 is 5.91 Å². The van der Waals surface area contributed by atoms with Crippen LogP contribution >= 0.6 is 0 Å². The van der Waals surface area contributed by atoms with Crippen molar-refractivity contribution in [2.75, 3.05) is 5.32 Å². The van der Waals surface area contributed by atoms with E-state index in [0.717, 1.165) is 22.4 Å². The normalized spacial score (nSPS) is 10.6. The lowest BCUT2D eigenvalue weighted by molar-refractivity contribution is 0.1000. The molecule has 0 radical (unpaired) electrons. The number of anilines is 2. The number of halogens is 1. The molecule has 1 amide bonds. The fourth-order valence-corrected chi connectivity index (χ4v) is 2.48. The molecule has 0 spiro atoms. The average molecular weight is 325 g/mol. The van der Waals surface area contributed by atoms with Crippen LogP contribution in [0.5, 0.6) is 0 Å². The number of carbonyl (C=O) groups excluding carboxylic acids is 1. The molecule has 0 bridgehead atoms. The van der Waals surface area contributed by atoms with Gasteiger partial charge < -0.3 is 16.0 Å². The molecule has 24 heavy (non-hydrogen) atoms. The molecule has 1 heterocycles. The van der Waals surface area contributed by atoms with Crippen LogP contribution in [0.2, 0.25) is 0 Å². The van der Waals surface area contributed by atoms with E-state index in [-0.39, 0.29) is 5.82 Å². The highest BCUT2D eigenvalue weighted by atomic mass is 19.1. The van der Waals surface area contributed by atoms with E-state index in [2.05, 4.69) is 20.5 Å². The summed E-state index contributed by atoms with van der Waals surface area (Å²) in [4.78, 5) is 14.5. The summed E-state index contributed by atoms with van der Waals surface area (Å²) in [5.74, 6) is 0.132. The van der Waals surface area contributed by atoms with Crippen LogP contribution < -0.4 is 11.1 Å². The molecule has 4 N–H and O–H groups in total. The molecule has 0 atom stereocenters.